The molecule has 0 aliphatic rings. The molecule has 2 aromatic rings. The summed E-state index contributed by atoms with van der Waals surface area (Å²) in [6.07, 6.45) is 6.92. The quantitative estimate of drug-likeness (QED) is 0.493. The zero-order chi connectivity index (χ0) is 15.4. The smallest absolute Gasteiger partial charge is 0.330 e. The average Bonchev–Trinajstić information content (AvgIpc) is 2.79. The van der Waals surface area contributed by atoms with Gasteiger partial charge in [0.2, 0.25) is 0 Å². The first kappa shape index (κ1) is 15.2. The molecule has 0 N–H and O–H groups in total. The zero-order valence-corrected chi connectivity index (χ0v) is 13.0. The highest BCUT2D eigenvalue weighted by atomic mass is 32.2. The molecule has 0 aliphatic heterocycles. The molecule has 0 radical (unpaired) electrons. The second kappa shape index (κ2) is 6.51. The number of fused-ring (bicyclic) bond motifs is 1. The van der Waals surface area contributed by atoms with E-state index in [2.05, 4.69) is 6.07 Å². The van der Waals surface area contributed by atoms with Crippen LogP contribution in [0.2, 0.25) is 0 Å². The number of ether oxygens (including phenoxy) is 1. The number of carbonyl (C=O) groups is 1. The fourth-order valence-electron chi connectivity index (χ4n) is 2.28. The molecule has 0 atom stereocenters. The number of hydrogen-bond acceptors (Lipinski definition) is 4. The fourth-order valence-corrected chi connectivity index (χ4v) is 3.01. The van der Waals surface area contributed by atoms with Crippen LogP contribution in [0.25, 0.3) is 11.6 Å². The average molecular weight is 300 g/mol. The molecule has 0 unspecified atom stereocenters. The van der Waals surface area contributed by atoms with Gasteiger partial charge in [0, 0.05) is 12.3 Å². The van der Waals surface area contributed by atoms with Crippen molar-refractivity contribution in [3.8, 4) is 6.07 Å². The van der Waals surface area contributed by atoms with E-state index in [0.29, 0.717) is 12.2 Å². The lowest BCUT2D eigenvalue weighted by Gasteiger charge is -2.01. The van der Waals surface area contributed by atoms with E-state index in [4.69, 9.17) is 4.74 Å². The van der Waals surface area contributed by atoms with Gasteiger partial charge in [-0.15, -0.1) is 11.8 Å². The van der Waals surface area contributed by atoms with Crippen molar-refractivity contribution in [2.24, 2.45) is 0 Å². The summed E-state index contributed by atoms with van der Waals surface area (Å²) in [5.74, 6) is -0.384. The minimum Gasteiger partial charge on any atom is -0.463 e. The number of nitrogens with zero attached hydrogens (tertiary/aromatic N) is 2. The van der Waals surface area contributed by atoms with Gasteiger partial charge < -0.3 is 9.14 Å². The molecular weight excluding hydrogens is 284 g/mol. The Labute approximate surface area is 128 Å². The van der Waals surface area contributed by atoms with Crippen molar-refractivity contribution < 1.29 is 9.53 Å². The zero-order valence-electron chi connectivity index (χ0n) is 12.2. The third-order valence-corrected chi connectivity index (χ3v) is 3.95. The number of carbonyl (C=O) groups excluding carboxylic acids is 1. The third-order valence-electron chi connectivity index (χ3n) is 3.13. The van der Waals surface area contributed by atoms with Crippen molar-refractivity contribution in [3.05, 3.63) is 41.2 Å². The van der Waals surface area contributed by atoms with E-state index >= 15 is 0 Å². The van der Waals surface area contributed by atoms with Crippen LogP contribution < -0.4 is 0 Å². The van der Waals surface area contributed by atoms with Gasteiger partial charge in [-0.05, 0) is 37.8 Å². The van der Waals surface area contributed by atoms with Crippen molar-refractivity contribution in [2.45, 2.75) is 18.7 Å². The summed E-state index contributed by atoms with van der Waals surface area (Å²) >= 11 is 1.50. The SMILES string of the molecule is CCOC(=O)/C=C/c1c(SC)c(C#N)c2c(C)cccn12. The lowest BCUT2D eigenvalue weighted by atomic mass is 10.2. The second-order valence-corrected chi connectivity index (χ2v) is 5.22. The van der Waals surface area contributed by atoms with Crippen LogP contribution >= 0.6 is 11.8 Å². The number of aryl methyl sites for hydroxylation is 1. The molecule has 0 amide bonds. The van der Waals surface area contributed by atoms with Crippen LogP contribution in [-0.2, 0) is 9.53 Å². The molecular formula is C16H16N2O2S. The minimum atomic E-state index is -0.384. The Balaban J connectivity index is 2.65. The molecule has 4 nitrogen and oxygen atoms in total. The molecule has 0 saturated carbocycles. The van der Waals surface area contributed by atoms with E-state index in [1.165, 1.54) is 17.8 Å². The third kappa shape index (κ3) is 2.81. The molecule has 21 heavy (non-hydrogen) atoms. The van der Waals surface area contributed by atoms with E-state index in [0.717, 1.165) is 21.7 Å². The summed E-state index contributed by atoms with van der Waals surface area (Å²) in [6, 6.07) is 6.17. The van der Waals surface area contributed by atoms with E-state index in [1.807, 2.05) is 35.9 Å². The number of aromatic nitrogens is 1. The summed E-state index contributed by atoms with van der Waals surface area (Å²) in [4.78, 5) is 12.4. The van der Waals surface area contributed by atoms with Crippen LogP contribution in [0.1, 0.15) is 23.7 Å². The van der Waals surface area contributed by atoms with Gasteiger partial charge in [0.05, 0.1) is 28.3 Å². The highest BCUT2D eigenvalue weighted by Gasteiger charge is 2.17. The van der Waals surface area contributed by atoms with Gasteiger partial charge in [0.15, 0.2) is 0 Å². The standard InChI is InChI=1S/C16H16N2O2S/c1-4-20-14(19)8-7-13-16(21-3)12(10-17)15-11(2)6-5-9-18(13)15/h5-9H,4H2,1-3H3/b8-7+. The van der Waals surface area contributed by atoms with Gasteiger partial charge in [0.1, 0.15) is 6.07 Å². The minimum absolute atomic E-state index is 0.343. The molecule has 0 saturated heterocycles. The second-order valence-electron chi connectivity index (χ2n) is 4.40. The van der Waals surface area contributed by atoms with Gasteiger partial charge >= 0.3 is 5.97 Å². The lowest BCUT2D eigenvalue weighted by Crippen LogP contribution is -1.99. The van der Waals surface area contributed by atoms with Crippen LogP contribution in [0.3, 0.4) is 0 Å². The van der Waals surface area contributed by atoms with Crippen LogP contribution in [0.15, 0.2) is 29.3 Å². The van der Waals surface area contributed by atoms with Crippen molar-refractivity contribution in [3.63, 3.8) is 0 Å². The molecule has 0 aromatic carbocycles. The van der Waals surface area contributed by atoms with Crippen molar-refractivity contribution in [1.82, 2.24) is 4.40 Å². The van der Waals surface area contributed by atoms with Gasteiger partial charge in [-0.2, -0.15) is 5.26 Å². The molecule has 0 spiro atoms. The van der Waals surface area contributed by atoms with Crippen LogP contribution in [0.5, 0.6) is 0 Å². The summed E-state index contributed by atoms with van der Waals surface area (Å²) < 4.78 is 6.84. The summed E-state index contributed by atoms with van der Waals surface area (Å²) in [7, 11) is 0. The maximum absolute atomic E-state index is 11.5. The normalized spacial score (nSPS) is 11.0. The highest BCUT2D eigenvalue weighted by molar-refractivity contribution is 7.98. The van der Waals surface area contributed by atoms with E-state index in [-0.39, 0.29) is 5.97 Å². The number of hydrogen-bond donors (Lipinski definition) is 0. The number of thioether (sulfide) groups is 1. The monoisotopic (exact) mass is 300 g/mol. The molecule has 0 bridgehead atoms. The lowest BCUT2D eigenvalue weighted by molar-refractivity contribution is -0.137. The maximum atomic E-state index is 11.5. The molecule has 5 heteroatoms. The summed E-state index contributed by atoms with van der Waals surface area (Å²) in [5.41, 5.74) is 3.38. The summed E-state index contributed by atoms with van der Waals surface area (Å²) in [6.45, 7) is 4.08. The number of nitriles is 1. The van der Waals surface area contributed by atoms with Crippen molar-refractivity contribution in [1.29, 1.82) is 5.26 Å². The Bertz CT molecular complexity index is 754. The maximum Gasteiger partial charge on any atom is 0.330 e. The Kier molecular flexibility index (Phi) is 4.71. The van der Waals surface area contributed by atoms with Gasteiger partial charge in [-0.1, -0.05) is 6.07 Å². The van der Waals surface area contributed by atoms with Crippen molar-refractivity contribution >= 4 is 29.3 Å². The number of esters is 1. The molecule has 2 heterocycles. The van der Waals surface area contributed by atoms with Gasteiger partial charge in [-0.3, -0.25) is 0 Å². The Morgan fingerprint density at radius 3 is 2.95 bits per heavy atom. The molecule has 2 aromatic heterocycles. The van der Waals surface area contributed by atoms with Crippen LogP contribution in [0, 0.1) is 18.3 Å². The summed E-state index contributed by atoms with van der Waals surface area (Å²) in [5, 5.41) is 9.45. The van der Waals surface area contributed by atoms with E-state index in [9.17, 15) is 10.1 Å². The number of rotatable bonds is 4. The highest BCUT2D eigenvalue weighted by Crippen LogP contribution is 2.33. The molecule has 108 valence electrons. The first-order valence-electron chi connectivity index (χ1n) is 6.56. The first-order valence-corrected chi connectivity index (χ1v) is 7.79. The predicted octanol–water partition coefficient (Wildman–Crippen LogP) is 3.42. The largest absolute Gasteiger partial charge is 0.463 e. The van der Waals surface area contributed by atoms with E-state index in [1.54, 1.807) is 13.0 Å². The van der Waals surface area contributed by atoms with Crippen LogP contribution in [-0.4, -0.2) is 23.2 Å². The Hall–Kier alpha value is -2.19. The van der Waals surface area contributed by atoms with Crippen molar-refractivity contribution in [2.75, 3.05) is 12.9 Å². The fraction of sp³-hybridized carbons (Fsp3) is 0.250. The van der Waals surface area contributed by atoms with Gasteiger partial charge in [0.25, 0.3) is 0 Å². The van der Waals surface area contributed by atoms with Gasteiger partial charge in [-0.25, -0.2) is 4.79 Å². The Morgan fingerprint density at radius 2 is 2.33 bits per heavy atom. The number of pyridine rings is 1. The molecule has 0 aliphatic carbocycles. The molecule has 2 rings (SSSR count). The van der Waals surface area contributed by atoms with Crippen LogP contribution in [0.4, 0.5) is 0 Å². The predicted molar refractivity (Wildman–Crippen MR) is 84.3 cm³/mol. The van der Waals surface area contributed by atoms with E-state index < -0.39 is 0 Å². The Morgan fingerprint density at radius 1 is 1.57 bits per heavy atom. The molecule has 0 fully saturated rings. The topological polar surface area (TPSA) is 54.5 Å². The first-order chi connectivity index (χ1) is 10.1.